The Hall–Kier alpha value is -3.51. The van der Waals surface area contributed by atoms with Crippen LogP contribution < -0.4 is 11.2 Å². The number of carbonyl (C=O) groups is 1. The van der Waals surface area contributed by atoms with Crippen molar-refractivity contribution in [1.29, 1.82) is 0 Å². The minimum Gasteiger partial charge on any atom is -0.361 e. The maximum absolute atomic E-state index is 12.2. The lowest BCUT2D eigenvalue weighted by molar-refractivity contribution is -0.122. The topological polar surface area (TPSA) is 96.2 Å². The summed E-state index contributed by atoms with van der Waals surface area (Å²) in [6.07, 6.45) is 5.69. The number of para-hydroxylation sites is 1. The van der Waals surface area contributed by atoms with Gasteiger partial charge in [-0.15, -0.1) is 0 Å². The molecule has 2 heterocycles. The lowest BCUT2D eigenvalue weighted by Gasteiger charge is -2.09. The lowest BCUT2D eigenvalue weighted by Crippen LogP contribution is -2.39. The van der Waals surface area contributed by atoms with Gasteiger partial charge < -0.3 is 10.7 Å². The fourth-order valence-electron chi connectivity index (χ4n) is 3.06. The van der Waals surface area contributed by atoms with E-state index in [-0.39, 0.29) is 5.91 Å². The molecule has 0 fully saturated rings. The molecule has 6 heteroatoms. The monoisotopic (exact) mass is 357 g/mol. The minimum atomic E-state index is -0.679. The van der Waals surface area contributed by atoms with Crippen molar-refractivity contribution in [3.05, 3.63) is 78.1 Å². The van der Waals surface area contributed by atoms with Gasteiger partial charge in [-0.1, -0.05) is 30.3 Å². The predicted octanol–water partition coefficient (Wildman–Crippen LogP) is 2.74. The molecule has 134 valence electrons. The minimum absolute atomic E-state index is 0.320. The van der Waals surface area contributed by atoms with Crippen LogP contribution in [0.5, 0.6) is 0 Å². The summed E-state index contributed by atoms with van der Waals surface area (Å²) in [5.41, 5.74) is 12.4. The number of pyridine rings is 1. The molecule has 0 aliphatic rings. The largest absolute Gasteiger partial charge is 0.361 e. The summed E-state index contributed by atoms with van der Waals surface area (Å²) in [7, 11) is 0. The van der Waals surface area contributed by atoms with Crippen molar-refractivity contribution in [3.63, 3.8) is 0 Å². The number of aromatic nitrogens is 2. The molecular formula is C21H19N5O. The van der Waals surface area contributed by atoms with Crippen LogP contribution in [-0.2, 0) is 11.2 Å². The summed E-state index contributed by atoms with van der Waals surface area (Å²) in [4.78, 5) is 19.7. The summed E-state index contributed by atoms with van der Waals surface area (Å²) < 4.78 is 0. The van der Waals surface area contributed by atoms with Crippen molar-refractivity contribution in [2.24, 2.45) is 10.8 Å². The average molecular weight is 357 g/mol. The lowest BCUT2D eigenvalue weighted by atomic mass is 10.1. The van der Waals surface area contributed by atoms with E-state index < -0.39 is 6.04 Å². The molecular weight excluding hydrogens is 338 g/mol. The van der Waals surface area contributed by atoms with Crippen LogP contribution in [0.2, 0.25) is 0 Å². The Morgan fingerprint density at radius 2 is 2.11 bits per heavy atom. The van der Waals surface area contributed by atoms with Gasteiger partial charge in [0, 0.05) is 28.7 Å². The quantitative estimate of drug-likeness (QED) is 0.378. The van der Waals surface area contributed by atoms with Crippen LogP contribution in [0.1, 0.15) is 11.1 Å². The van der Waals surface area contributed by atoms with E-state index in [1.165, 1.54) is 0 Å². The number of nitrogens with two attached hydrogens (primary N) is 1. The first-order valence-electron chi connectivity index (χ1n) is 8.69. The third-order valence-corrected chi connectivity index (χ3v) is 4.47. The van der Waals surface area contributed by atoms with E-state index in [1.807, 2.05) is 60.8 Å². The number of fused-ring (bicyclic) bond motifs is 2. The van der Waals surface area contributed by atoms with Crippen LogP contribution >= 0.6 is 0 Å². The SMILES string of the molecule is NC(Cc1c[nH]c2ccccc12)C(=O)NN=Cc1ccc2ncccc2c1. The van der Waals surface area contributed by atoms with Gasteiger partial charge in [0.15, 0.2) is 0 Å². The zero-order chi connectivity index (χ0) is 18.6. The van der Waals surface area contributed by atoms with Crippen LogP contribution in [0.25, 0.3) is 21.8 Å². The molecule has 0 bridgehead atoms. The molecule has 0 spiro atoms. The molecule has 0 saturated heterocycles. The maximum Gasteiger partial charge on any atom is 0.257 e. The molecule has 1 unspecified atom stereocenters. The number of nitrogens with zero attached hydrogens (tertiary/aromatic N) is 2. The maximum atomic E-state index is 12.2. The first-order valence-corrected chi connectivity index (χ1v) is 8.69. The number of amides is 1. The standard InChI is InChI=1S/C21H19N5O/c22-18(11-16-13-24-20-6-2-1-5-17(16)20)21(27)26-25-12-14-7-8-19-15(10-14)4-3-9-23-19/h1-10,12-13,18,24H,11,22H2,(H,26,27). The van der Waals surface area contributed by atoms with Crippen molar-refractivity contribution < 1.29 is 4.79 Å². The highest BCUT2D eigenvalue weighted by Gasteiger charge is 2.15. The van der Waals surface area contributed by atoms with Gasteiger partial charge >= 0.3 is 0 Å². The molecule has 4 N–H and O–H groups in total. The van der Waals surface area contributed by atoms with Crippen molar-refractivity contribution >= 4 is 33.9 Å². The molecule has 0 saturated carbocycles. The van der Waals surface area contributed by atoms with Gasteiger partial charge in [-0.25, -0.2) is 5.43 Å². The van der Waals surface area contributed by atoms with Gasteiger partial charge in [-0.2, -0.15) is 5.10 Å². The Kier molecular flexibility index (Phi) is 4.63. The van der Waals surface area contributed by atoms with Gasteiger partial charge in [0.1, 0.15) is 0 Å². The van der Waals surface area contributed by atoms with E-state index in [0.717, 1.165) is 32.9 Å². The molecule has 6 nitrogen and oxygen atoms in total. The molecule has 0 aliphatic heterocycles. The summed E-state index contributed by atoms with van der Waals surface area (Å²) in [5.74, 6) is -0.320. The highest BCUT2D eigenvalue weighted by atomic mass is 16.2. The Labute approximate surface area is 156 Å². The second kappa shape index (κ2) is 7.39. The van der Waals surface area contributed by atoms with Crippen LogP contribution in [0.4, 0.5) is 0 Å². The van der Waals surface area contributed by atoms with Crippen molar-refractivity contribution in [2.45, 2.75) is 12.5 Å². The summed E-state index contributed by atoms with van der Waals surface area (Å²) in [5, 5.41) is 6.12. The molecule has 0 aliphatic carbocycles. The van der Waals surface area contributed by atoms with Gasteiger partial charge in [0.2, 0.25) is 0 Å². The Morgan fingerprint density at radius 3 is 3.04 bits per heavy atom. The molecule has 27 heavy (non-hydrogen) atoms. The molecule has 1 atom stereocenters. The van der Waals surface area contributed by atoms with E-state index in [9.17, 15) is 4.79 Å². The zero-order valence-electron chi connectivity index (χ0n) is 14.6. The number of rotatable bonds is 5. The van der Waals surface area contributed by atoms with E-state index in [1.54, 1.807) is 12.4 Å². The number of H-pyrrole nitrogens is 1. The number of hydrazone groups is 1. The number of aromatic amines is 1. The smallest absolute Gasteiger partial charge is 0.257 e. The number of hydrogen-bond acceptors (Lipinski definition) is 4. The van der Waals surface area contributed by atoms with E-state index in [0.29, 0.717) is 6.42 Å². The number of benzene rings is 2. The van der Waals surface area contributed by atoms with Crippen LogP contribution in [0, 0.1) is 0 Å². The highest BCUT2D eigenvalue weighted by molar-refractivity contribution is 5.90. The fraction of sp³-hybridized carbons (Fsp3) is 0.0952. The van der Waals surface area contributed by atoms with Crippen LogP contribution in [0.3, 0.4) is 0 Å². The molecule has 4 rings (SSSR count). The Balaban J connectivity index is 1.39. The average Bonchev–Trinajstić information content (AvgIpc) is 3.11. The number of hydrogen-bond donors (Lipinski definition) is 3. The van der Waals surface area contributed by atoms with Gasteiger partial charge in [-0.05, 0) is 41.8 Å². The number of nitrogens with one attached hydrogen (secondary N) is 2. The van der Waals surface area contributed by atoms with Crippen molar-refractivity contribution in [3.8, 4) is 0 Å². The molecule has 4 aromatic rings. The first kappa shape index (κ1) is 16.9. The Bertz CT molecular complexity index is 1130. The Morgan fingerprint density at radius 1 is 1.22 bits per heavy atom. The second-order valence-electron chi connectivity index (χ2n) is 6.36. The fourth-order valence-corrected chi connectivity index (χ4v) is 3.06. The normalized spacial score (nSPS) is 12.6. The molecule has 0 radical (unpaired) electrons. The van der Waals surface area contributed by atoms with Crippen LogP contribution in [-0.4, -0.2) is 28.1 Å². The van der Waals surface area contributed by atoms with Gasteiger partial charge in [0.05, 0.1) is 17.8 Å². The van der Waals surface area contributed by atoms with Crippen molar-refractivity contribution in [1.82, 2.24) is 15.4 Å². The third-order valence-electron chi connectivity index (χ3n) is 4.47. The van der Waals surface area contributed by atoms with E-state index in [4.69, 9.17) is 5.73 Å². The summed E-state index contributed by atoms with van der Waals surface area (Å²) >= 11 is 0. The third kappa shape index (κ3) is 3.70. The molecule has 1 amide bonds. The highest BCUT2D eigenvalue weighted by Crippen LogP contribution is 2.18. The van der Waals surface area contributed by atoms with E-state index >= 15 is 0 Å². The van der Waals surface area contributed by atoms with Crippen LogP contribution in [0.15, 0.2) is 72.1 Å². The summed E-state index contributed by atoms with van der Waals surface area (Å²) in [6, 6.07) is 16.9. The zero-order valence-corrected chi connectivity index (χ0v) is 14.6. The molecule has 2 aromatic heterocycles. The molecule has 2 aromatic carbocycles. The predicted molar refractivity (Wildman–Crippen MR) is 107 cm³/mol. The number of carbonyl (C=O) groups excluding carboxylic acids is 1. The van der Waals surface area contributed by atoms with Crippen molar-refractivity contribution in [2.75, 3.05) is 0 Å². The van der Waals surface area contributed by atoms with E-state index in [2.05, 4.69) is 20.5 Å². The second-order valence-corrected chi connectivity index (χ2v) is 6.36. The van der Waals surface area contributed by atoms with Gasteiger partial charge in [0.25, 0.3) is 5.91 Å². The summed E-state index contributed by atoms with van der Waals surface area (Å²) in [6.45, 7) is 0. The first-order chi connectivity index (χ1) is 13.2. The van der Waals surface area contributed by atoms with Gasteiger partial charge in [-0.3, -0.25) is 9.78 Å².